The fourth-order valence-corrected chi connectivity index (χ4v) is 3.68. The lowest BCUT2D eigenvalue weighted by Gasteiger charge is -2.22. The van der Waals surface area contributed by atoms with Gasteiger partial charge in [0, 0.05) is 8.59 Å². The Morgan fingerprint density at radius 2 is 1.64 bits per heavy atom. The maximum Gasteiger partial charge on any atom is 0.324 e. The van der Waals surface area contributed by atoms with Crippen LogP contribution in [0.2, 0.25) is 5.02 Å². The number of carbonyl (C=O) groups is 1. The maximum atomic E-state index is 12.7. The van der Waals surface area contributed by atoms with E-state index in [2.05, 4.69) is 22.6 Å². The van der Waals surface area contributed by atoms with E-state index in [1.54, 1.807) is 24.3 Å². The molecule has 0 saturated carbocycles. The number of rotatable bonds is 5. The second-order valence-electron chi connectivity index (χ2n) is 4.34. The van der Waals surface area contributed by atoms with Gasteiger partial charge in [-0.25, -0.2) is 8.42 Å². The fourth-order valence-electron chi connectivity index (χ4n) is 1.78. The summed E-state index contributed by atoms with van der Waals surface area (Å²) in [6.45, 7) is -0.661. The molecule has 5 nitrogen and oxygen atoms in total. The van der Waals surface area contributed by atoms with E-state index < -0.39 is 22.5 Å². The molecule has 0 aromatic heterocycles. The Kier molecular flexibility index (Phi) is 5.30. The average molecular weight is 452 g/mol. The summed E-state index contributed by atoms with van der Waals surface area (Å²) in [4.78, 5) is 11.0. The van der Waals surface area contributed by atoms with Crippen LogP contribution in [0.1, 0.15) is 0 Å². The van der Waals surface area contributed by atoms with Crippen molar-refractivity contribution >= 4 is 55.9 Å². The summed E-state index contributed by atoms with van der Waals surface area (Å²) in [5.74, 6) is -1.24. The zero-order valence-corrected chi connectivity index (χ0v) is 14.8. The fraction of sp³-hybridized carbons (Fsp3) is 0.0714. The number of sulfonamides is 1. The van der Waals surface area contributed by atoms with Crippen LogP contribution in [0.3, 0.4) is 0 Å². The molecular formula is C14H11ClINO4S. The van der Waals surface area contributed by atoms with Gasteiger partial charge in [0.15, 0.2) is 0 Å². The highest BCUT2D eigenvalue weighted by molar-refractivity contribution is 14.1. The van der Waals surface area contributed by atoms with Gasteiger partial charge in [0.25, 0.3) is 10.0 Å². The lowest BCUT2D eigenvalue weighted by atomic mass is 10.3. The normalized spacial score (nSPS) is 11.2. The van der Waals surface area contributed by atoms with Gasteiger partial charge in [0.2, 0.25) is 0 Å². The van der Waals surface area contributed by atoms with E-state index in [-0.39, 0.29) is 10.6 Å². The summed E-state index contributed by atoms with van der Waals surface area (Å²) in [7, 11) is -3.99. The zero-order chi connectivity index (χ0) is 16.3. The zero-order valence-electron chi connectivity index (χ0n) is 11.1. The van der Waals surface area contributed by atoms with Crippen molar-refractivity contribution in [3.63, 3.8) is 0 Å². The number of benzene rings is 2. The van der Waals surface area contributed by atoms with Crippen LogP contribution in [-0.2, 0) is 14.8 Å². The monoisotopic (exact) mass is 451 g/mol. The standard InChI is InChI=1S/C14H11ClINO4S/c15-10-1-7-13(8-2-10)22(20,21)17(9-14(18)19)12-5-3-11(16)4-6-12/h1-8H,9H2,(H,18,19). The largest absolute Gasteiger partial charge is 0.480 e. The summed E-state index contributed by atoms with van der Waals surface area (Å²) in [6.07, 6.45) is 0. The summed E-state index contributed by atoms with van der Waals surface area (Å²) < 4.78 is 27.1. The number of anilines is 1. The molecule has 2 aromatic rings. The lowest BCUT2D eigenvalue weighted by Crippen LogP contribution is -2.35. The Balaban J connectivity index is 2.50. The van der Waals surface area contributed by atoms with Gasteiger partial charge in [-0.2, -0.15) is 0 Å². The van der Waals surface area contributed by atoms with Crippen molar-refractivity contribution in [3.05, 3.63) is 57.1 Å². The van der Waals surface area contributed by atoms with Crippen LogP contribution in [0.4, 0.5) is 5.69 Å². The molecule has 2 aromatic carbocycles. The Hall–Kier alpha value is -1.32. The SMILES string of the molecule is O=C(O)CN(c1ccc(I)cc1)S(=O)(=O)c1ccc(Cl)cc1. The molecule has 2 rings (SSSR count). The van der Waals surface area contributed by atoms with Gasteiger partial charge >= 0.3 is 5.97 Å². The Labute approximate surface area is 146 Å². The van der Waals surface area contributed by atoms with Crippen molar-refractivity contribution in [2.24, 2.45) is 0 Å². The molecule has 22 heavy (non-hydrogen) atoms. The average Bonchev–Trinajstić information content (AvgIpc) is 2.46. The highest BCUT2D eigenvalue weighted by atomic mass is 127. The quantitative estimate of drug-likeness (QED) is 0.709. The highest BCUT2D eigenvalue weighted by Crippen LogP contribution is 2.25. The first-order valence-corrected chi connectivity index (χ1v) is 8.96. The third-order valence-electron chi connectivity index (χ3n) is 2.80. The second-order valence-corrected chi connectivity index (χ2v) is 7.88. The van der Waals surface area contributed by atoms with Crippen LogP contribution < -0.4 is 4.31 Å². The first-order valence-electron chi connectivity index (χ1n) is 6.06. The van der Waals surface area contributed by atoms with Crippen LogP contribution >= 0.6 is 34.2 Å². The number of aliphatic carboxylic acids is 1. The van der Waals surface area contributed by atoms with Crippen molar-refractivity contribution in [1.29, 1.82) is 0 Å². The number of nitrogens with zero attached hydrogens (tertiary/aromatic N) is 1. The number of hydrogen-bond donors (Lipinski definition) is 1. The summed E-state index contributed by atoms with van der Waals surface area (Å²) >= 11 is 7.84. The first-order chi connectivity index (χ1) is 10.3. The first kappa shape index (κ1) is 17.0. The van der Waals surface area contributed by atoms with Crippen molar-refractivity contribution < 1.29 is 18.3 Å². The molecule has 0 amide bonds. The molecule has 0 heterocycles. The van der Waals surface area contributed by atoms with Crippen LogP contribution in [0.15, 0.2) is 53.4 Å². The molecule has 0 aliphatic rings. The summed E-state index contributed by atoms with van der Waals surface area (Å²) in [5.41, 5.74) is 0.290. The van der Waals surface area contributed by atoms with E-state index >= 15 is 0 Å². The molecule has 0 aliphatic heterocycles. The van der Waals surface area contributed by atoms with Gasteiger partial charge in [-0.15, -0.1) is 0 Å². The van der Waals surface area contributed by atoms with Gasteiger partial charge in [-0.1, -0.05) is 11.6 Å². The summed E-state index contributed by atoms with van der Waals surface area (Å²) in [5, 5.41) is 9.43. The Morgan fingerprint density at radius 3 is 2.14 bits per heavy atom. The van der Waals surface area contributed by atoms with Crippen LogP contribution in [0, 0.1) is 3.57 Å². The molecular weight excluding hydrogens is 441 g/mol. The topological polar surface area (TPSA) is 74.7 Å². The minimum atomic E-state index is -3.99. The molecule has 0 aliphatic carbocycles. The minimum absolute atomic E-state index is 0.0169. The van der Waals surface area contributed by atoms with E-state index in [4.69, 9.17) is 16.7 Å². The Bertz CT molecular complexity index is 775. The van der Waals surface area contributed by atoms with Gasteiger partial charge < -0.3 is 5.11 Å². The molecule has 8 heteroatoms. The Morgan fingerprint density at radius 1 is 1.09 bits per heavy atom. The number of carboxylic acid groups (broad SMARTS) is 1. The second kappa shape index (κ2) is 6.84. The molecule has 0 spiro atoms. The molecule has 0 bridgehead atoms. The molecule has 0 fully saturated rings. The summed E-state index contributed by atoms with van der Waals surface area (Å²) in [6, 6.07) is 12.1. The van der Waals surface area contributed by atoms with E-state index in [9.17, 15) is 13.2 Å². The molecule has 0 radical (unpaired) electrons. The van der Waals surface area contributed by atoms with Gasteiger partial charge in [-0.3, -0.25) is 9.10 Å². The predicted molar refractivity (Wildman–Crippen MR) is 92.8 cm³/mol. The van der Waals surface area contributed by atoms with Crippen molar-refractivity contribution in [1.82, 2.24) is 0 Å². The third-order valence-corrected chi connectivity index (χ3v) is 5.55. The molecule has 0 atom stereocenters. The van der Waals surface area contributed by atoms with E-state index in [0.717, 1.165) is 7.88 Å². The molecule has 0 saturated heterocycles. The molecule has 1 N–H and O–H groups in total. The van der Waals surface area contributed by atoms with Crippen molar-refractivity contribution in [2.45, 2.75) is 4.90 Å². The van der Waals surface area contributed by atoms with E-state index in [0.29, 0.717) is 5.02 Å². The van der Waals surface area contributed by atoms with Gasteiger partial charge in [-0.05, 0) is 71.1 Å². The van der Waals surface area contributed by atoms with E-state index in [1.165, 1.54) is 24.3 Å². The van der Waals surface area contributed by atoms with E-state index in [1.807, 2.05) is 0 Å². The number of halogens is 2. The van der Waals surface area contributed by atoms with Crippen molar-refractivity contribution in [2.75, 3.05) is 10.8 Å². The van der Waals surface area contributed by atoms with Gasteiger partial charge in [0.1, 0.15) is 6.54 Å². The number of carboxylic acids is 1. The van der Waals surface area contributed by atoms with Gasteiger partial charge in [0.05, 0.1) is 10.6 Å². The molecule has 116 valence electrons. The third kappa shape index (κ3) is 3.90. The number of hydrogen-bond acceptors (Lipinski definition) is 3. The minimum Gasteiger partial charge on any atom is -0.480 e. The predicted octanol–water partition coefficient (Wildman–Crippen LogP) is 3.22. The highest BCUT2D eigenvalue weighted by Gasteiger charge is 2.26. The lowest BCUT2D eigenvalue weighted by molar-refractivity contribution is -0.135. The van der Waals surface area contributed by atoms with Crippen LogP contribution in [-0.4, -0.2) is 26.0 Å². The smallest absolute Gasteiger partial charge is 0.324 e. The molecule has 0 unspecified atom stereocenters. The maximum absolute atomic E-state index is 12.7. The van der Waals surface area contributed by atoms with Crippen LogP contribution in [0.5, 0.6) is 0 Å². The van der Waals surface area contributed by atoms with Crippen LogP contribution in [0.25, 0.3) is 0 Å². The van der Waals surface area contributed by atoms with Crippen molar-refractivity contribution in [3.8, 4) is 0 Å².